The standard InChI is InChI=1S/C17H20N2OS/c1-12(11-13-7-3-2-4-8-13)16(20)19-17-18-14-9-5-6-10-15(14)21-17/h2-4,7-8,12H,5-6,9-11H2,1H3,(H,18,19,20). The summed E-state index contributed by atoms with van der Waals surface area (Å²) in [6.45, 7) is 1.97. The summed E-state index contributed by atoms with van der Waals surface area (Å²) >= 11 is 1.64. The smallest absolute Gasteiger partial charge is 0.229 e. The molecule has 0 bridgehead atoms. The fourth-order valence-corrected chi connectivity index (χ4v) is 3.75. The quantitative estimate of drug-likeness (QED) is 0.932. The molecule has 1 aromatic heterocycles. The molecular formula is C17H20N2OS. The van der Waals surface area contributed by atoms with Crippen molar-refractivity contribution in [1.82, 2.24) is 4.98 Å². The van der Waals surface area contributed by atoms with Crippen LogP contribution in [0.3, 0.4) is 0 Å². The Morgan fingerprint density at radius 3 is 2.81 bits per heavy atom. The van der Waals surface area contributed by atoms with Gasteiger partial charge in [0, 0.05) is 10.8 Å². The number of benzene rings is 1. The summed E-state index contributed by atoms with van der Waals surface area (Å²) in [4.78, 5) is 18.2. The Labute approximate surface area is 129 Å². The van der Waals surface area contributed by atoms with Crippen LogP contribution in [0.15, 0.2) is 30.3 Å². The van der Waals surface area contributed by atoms with Crippen LogP contribution in [0.4, 0.5) is 5.13 Å². The van der Waals surface area contributed by atoms with Gasteiger partial charge in [0.2, 0.25) is 5.91 Å². The molecule has 3 nitrogen and oxygen atoms in total. The minimum atomic E-state index is -0.0478. The topological polar surface area (TPSA) is 42.0 Å². The summed E-state index contributed by atoms with van der Waals surface area (Å²) in [6.07, 6.45) is 5.39. The van der Waals surface area contributed by atoms with Crippen molar-refractivity contribution in [2.75, 3.05) is 5.32 Å². The van der Waals surface area contributed by atoms with Gasteiger partial charge in [-0.2, -0.15) is 0 Å². The zero-order valence-electron chi connectivity index (χ0n) is 12.3. The second-order valence-electron chi connectivity index (χ2n) is 5.68. The number of carbonyl (C=O) groups excluding carboxylic acids is 1. The minimum Gasteiger partial charge on any atom is -0.302 e. The second kappa shape index (κ2) is 6.39. The summed E-state index contributed by atoms with van der Waals surface area (Å²) in [7, 11) is 0. The highest BCUT2D eigenvalue weighted by atomic mass is 32.1. The van der Waals surface area contributed by atoms with Gasteiger partial charge >= 0.3 is 0 Å². The molecule has 1 N–H and O–H groups in total. The Hall–Kier alpha value is -1.68. The van der Waals surface area contributed by atoms with Crippen LogP contribution in [0, 0.1) is 5.92 Å². The highest BCUT2D eigenvalue weighted by Crippen LogP contribution is 2.29. The summed E-state index contributed by atoms with van der Waals surface area (Å²) in [6, 6.07) is 10.1. The van der Waals surface area contributed by atoms with E-state index in [9.17, 15) is 4.79 Å². The molecule has 21 heavy (non-hydrogen) atoms. The van der Waals surface area contributed by atoms with E-state index in [2.05, 4.69) is 22.4 Å². The molecule has 1 aromatic carbocycles. The molecule has 0 saturated heterocycles. The van der Waals surface area contributed by atoms with Crippen LogP contribution >= 0.6 is 11.3 Å². The Balaban J connectivity index is 1.61. The molecule has 1 heterocycles. The number of fused-ring (bicyclic) bond motifs is 1. The average molecular weight is 300 g/mol. The number of carbonyl (C=O) groups is 1. The third-order valence-corrected chi connectivity index (χ3v) is 4.98. The van der Waals surface area contributed by atoms with Crippen molar-refractivity contribution >= 4 is 22.4 Å². The van der Waals surface area contributed by atoms with Gasteiger partial charge in [-0.05, 0) is 37.7 Å². The van der Waals surface area contributed by atoms with E-state index in [0.717, 1.165) is 24.4 Å². The highest BCUT2D eigenvalue weighted by Gasteiger charge is 2.19. The van der Waals surface area contributed by atoms with Crippen molar-refractivity contribution in [2.45, 2.75) is 39.0 Å². The molecular weight excluding hydrogens is 280 g/mol. The molecule has 3 rings (SSSR count). The van der Waals surface area contributed by atoms with E-state index < -0.39 is 0 Å². The van der Waals surface area contributed by atoms with Crippen molar-refractivity contribution in [1.29, 1.82) is 0 Å². The van der Waals surface area contributed by atoms with Gasteiger partial charge in [-0.3, -0.25) is 4.79 Å². The first-order valence-corrected chi connectivity index (χ1v) is 8.37. The Morgan fingerprint density at radius 2 is 2.05 bits per heavy atom. The Kier molecular flexibility index (Phi) is 4.34. The molecule has 4 heteroatoms. The third-order valence-electron chi connectivity index (χ3n) is 3.91. The minimum absolute atomic E-state index is 0.0478. The lowest BCUT2D eigenvalue weighted by Crippen LogP contribution is -2.22. The number of hydrogen-bond acceptors (Lipinski definition) is 3. The van der Waals surface area contributed by atoms with Crippen LogP contribution < -0.4 is 5.32 Å². The van der Waals surface area contributed by atoms with Gasteiger partial charge < -0.3 is 5.32 Å². The van der Waals surface area contributed by atoms with Crippen LogP contribution in [0.2, 0.25) is 0 Å². The number of aromatic nitrogens is 1. The number of amides is 1. The number of aryl methyl sites for hydroxylation is 2. The van der Waals surface area contributed by atoms with Crippen LogP contribution in [0.5, 0.6) is 0 Å². The van der Waals surface area contributed by atoms with Crippen molar-refractivity contribution in [2.24, 2.45) is 5.92 Å². The number of rotatable bonds is 4. The predicted octanol–water partition coefficient (Wildman–Crippen LogP) is 3.84. The zero-order chi connectivity index (χ0) is 14.7. The van der Waals surface area contributed by atoms with Crippen LogP contribution in [-0.4, -0.2) is 10.9 Å². The first-order valence-electron chi connectivity index (χ1n) is 7.56. The molecule has 1 atom stereocenters. The van der Waals surface area contributed by atoms with Gasteiger partial charge in [-0.25, -0.2) is 4.98 Å². The maximum atomic E-state index is 12.3. The molecule has 1 aliphatic carbocycles. The molecule has 1 aliphatic rings. The molecule has 0 aliphatic heterocycles. The summed E-state index contributed by atoms with van der Waals surface area (Å²) < 4.78 is 0. The van der Waals surface area contributed by atoms with Crippen molar-refractivity contribution in [3.63, 3.8) is 0 Å². The number of nitrogens with zero attached hydrogens (tertiary/aromatic N) is 1. The normalized spacial score (nSPS) is 15.3. The van der Waals surface area contributed by atoms with Gasteiger partial charge in [0.1, 0.15) is 0 Å². The fraction of sp³-hybridized carbons (Fsp3) is 0.412. The molecule has 1 unspecified atom stereocenters. The number of nitrogens with one attached hydrogen (secondary N) is 1. The second-order valence-corrected chi connectivity index (χ2v) is 6.76. The van der Waals surface area contributed by atoms with Crippen molar-refractivity contribution < 1.29 is 4.79 Å². The van der Waals surface area contributed by atoms with Crippen LogP contribution in [-0.2, 0) is 24.1 Å². The number of thiazole rings is 1. The Bertz CT molecular complexity index is 597. The van der Waals surface area contributed by atoms with E-state index in [4.69, 9.17) is 0 Å². The lowest BCUT2D eigenvalue weighted by atomic mass is 10.0. The van der Waals surface area contributed by atoms with Gasteiger partial charge in [-0.15, -0.1) is 11.3 Å². The molecule has 1 amide bonds. The first-order chi connectivity index (χ1) is 10.2. The van der Waals surface area contributed by atoms with Gasteiger partial charge in [0.25, 0.3) is 0 Å². The predicted molar refractivity (Wildman–Crippen MR) is 86.7 cm³/mol. The van der Waals surface area contributed by atoms with Crippen molar-refractivity contribution in [3.8, 4) is 0 Å². The maximum absolute atomic E-state index is 12.3. The molecule has 0 saturated carbocycles. The lowest BCUT2D eigenvalue weighted by Gasteiger charge is -2.10. The van der Waals surface area contributed by atoms with Crippen molar-refractivity contribution in [3.05, 3.63) is 46.5 Å². The number of hydrogen-bond donors (Lipinski definition) is 1. The average Bonchev–Trinajstić information content (AvgIpc) is 2.90. The van der Waals surface area contributed by atoms with Gasteiger partial charge in [-0.1, -0.05) is 37.3 Å². The van der Waals surface area contributed by atoms with E-state index in [1.54, 1.807) is 11.3 Å². The molecule has 2 aromatic rings. The first kappa shape index (κ1) is 14.3. The van der Waals surface area contributed by atoms with Gasteiger partial charge in [0.15, 0.2) is 5.13 Å². The third kappa shape index (κ3) is 3.50. The van der Waals surface area contributed by atoms with E-state index in [-0.39, 0.29) is 11.8 Å². The summed E-state index contributed by atoms with van der Waals surface area (Å²) in [5.74, 6) is 0.0123. The highest BCUT2D eigenvalue weighted by molar-refractivity contribution is 7.15. The zero-order valence-corrected chi connectivity index (χ0v) is 13.1. The van der Waals surface area contributed by atoms with E-state index in [1.165, 1.54) is 29.0 Å². The fourth-order valence-electron chi connectivity index (χ4n) is 2.69. The maximum Gasteiger partial charge on any atom is 0.229 e. The van der Waals surface area contributed by atoms with Crippen LogP contribution in [0.25, 0.3) is 0 Å². The number of anilines is 1. The molecule has 110 valence electrons. The van der Waals surface area contributed by atoms with E-state index >= 15 is 0 Å². The monoisotopic (exact) mass is 300 g/mol. The van der Waals surface area contributed by atoms with Crippen LogP contribution in [0.1, 0.15) is 35.9 Å². The SMILES string of the molecule is CC(Cc1ccccc1)C(=O)Nc1nc2c(s1)CCCC2. The van der Waals surface area contributed by atoms with E-state index in [1.807, 2.05) is 25.1 Å². The van der Waals surface area contributed by atoms with E-state index in [0.29, 0.717) is 0 Å². The largest absolute Gasteiger partial charge is 0.302 e. The summed E-state index contributed by atoms with van der Waals surface area (Å²) in [5.41, 5.74) is 2.39. The lowest BCUT2D eigenvalue weighted by molar-refractivity contribution is -0.119. The van der Waals surface area contributed by atoms with Gasteiger partial charge in [0.05, 0.1) is 5.69 Å². The molecule has 0 spiro atoms. The summed E-state index contributed by atoms with van der Waals surface area (Å²) in [5, 5.41) is 3.76. The Morgan fingerprint density at radius 1 is 1.29 bits per heavy atom. The molecule has 0 radical (unpaired) electrons. The molecule has 0 fully saturated rings.